The summed E-state index contributed by atoms with van der Waals surface area (Å²) in [7, 11) is 5.50. The van der Waals surface area contributed by atoms with Crippen LogP contribution in [0.4, 0.5) is 0 Å². The molecule has 102 valence electrons. The SMILES string of the molecule is COCC(Br)CN(C)Cc1cc(Br)ccc1OC. The number of rotatable bonds is 7. The van der Waals surface area contributed by atoms with Gasteiger partial charge in [-0.3, -0.25) is 0 Å². The number of methoxy groups -OCH3 is 2. The maximum atomic E-state index is 5.37. The Morgan fingerprint density at radius 3 is 2.67 bits per heavy atom. The zero-order valence-corrected chi connectivity index (χ0v) is 14.1. The molecule has 0 aliphatic rings. The normalized spacial score (nSPS) is 12.8. The van der Waals surface area contributed by atoms with Gasteiger partial charge in [-0.05, 0) is 25.2 Å². The van der Waals surface area contributed by atoms with Gasteiger partial charge in [0.25, 0.3) is 0 Å². The molecule has 5 heteroatoms. The Hall–Kier alpha value is -0.100. The molecule has 0 heterocycles. The number of nitrogens with zero attached hydrogens (tertiary/aromatic N) is 1. The first kappa shape index (κ1) is 16.0. The summed E-state index contributed by atoms with van der Waals surface area (Å²) >= 11 is 7.08. The fourth-order valence-corrected chi connectivity index (χ4v) is 2.96. The lowest BCUT2D eigenvalue weighted by atomic mass is 10.2. The molecule has 1 aromatic carbocycles. The zero-order chi connectivity index (χ0) is 13.5. The van der Waals surface area contributed by atoms with Crippen LogP contribution in [-0.4, -0.2) is 44.1 Å². The van der Waals surface area contributed by atoms with Gasteiger partial charge in [0.2, 0.25) is 0 Å². The van der Waals surface area contributed by atoms with Gasteiger partial charge in [0.05, 0.1) is 18.5 Å². The van der Waals surface area contributed by atoms with Crippen molar-refractivity contribution in [2.24, 2.45) is 0 Å². The Labute approximate surface area is 126 Å². The summed E-state index contributed by atoms with van der Waals surface area (Å²) in [6.45, 7) is 2.47. The first-order chi connectivity index (χ1) is 8.56. The second-order valence-electron chi connectivity index (χ2n) is 4.21. The summed E-state index contributed by atoms with van der Waals surface area (Å²) in [6, 6.07) is 6.06. The van der Waals surface area contributed by atoms with E-state index in [-0.39, 0.29) is 0 Å². The molecule has 0 aromatic heterocycles. The topological polar surface area (TPSA) is 21.7 Å². The highest BCUT2D eigenvalue weighted by molar-refractivity contribution is 9.10. The highest BCUT2D eigenvalue weighted by Gasteiger charge is 2.11. The van der Waals surface area contributed by atoms with Crippen LogP contribution in [0.1, 0.15) is 5.56 Å². The summed E-state index contributed by atoms with van der Waals surface area (Å²) in [5.41, 5.74) is 1.17. The van der Waals surface area contributed by atoms with E-state index in [0.717, 1.165) is 23.3 Å². The quantitative estimate of drug-likeness (QED) is 0.677. The van der Waals surface area contributed by atoms with Crippen molar-refractivity contribution in [2.75, 3.05) is 34.4 Å². The third-order valence-corrected chi connectivity index (χ3v) is 3.59. The molecule has 0 saturated carbocycles. The molecular formula is C13H19Br2NO2. The molecule has 1 rings (SSSR count). The molecule has 0 aliphatic heterocycles. The molecule has 0 aliphatic carbocycles. The van der Waals surface area contributed by atoms with Crippen molar-refractivity contribution >= 4 is 31.9 Å². The number of benzene rings is 1. The standard InChI is InChI=1S/C13H19Br2NO2/c1-16(8-12(15)9-17-2)7-10-6-11(14)4-5-13(10)18-3/h4-6,12H,7-9H2,1-3H3. The van der Waals surface area contributed by atoms with Crippen molar-refractivity contribution < 1.29 is 9.47 Å². The van der Waals surface area contributed by atoms with Crippen LogP contribution in [0.2, 0.25) is 0 Å². The van der Waals surface area contributed by atoms with E-state index in [9.17, 15) is 0 Å². The van der Waals surface area contributed by atoms with Gasteiger partial charge in [-0.2, -0.15) is 0 Å². The lowest BCUT2D eigenvalue weighted by Crippen LogP contribution is -2.28. The van der Waals surface area contributed by atoms with E-state index in [4.69, 9.17) is 9.47 Å². The van der Waals surface area contributed by atoms with Gasteiger partial charge in [0, 0.05) is 30.2 Å². The fourth-order valence-electron chi connectivity index (χ4n) is 1.80. The van der Waals surface area contributed by atoms with Crippen LogP contribution in [0.3, 0.4) is 0 Å². The molecule has 1 unspecified atom stereocenters. The lowest BCUT2D eigenvalue weighted by molar-refractivity contribution is 0.184. The Morgan fingerprint density at radius 2 is 2.06 bits per heavy atom. The molecule has 0 spiro atoms. The van der Waals surface area contributed by atoms with Gasteiger partial charge < -0.3 is 14.4 Å². The van der Waals surface area contributed by atoms with Crippen LogP contribution < -0.4 is 4.74 Å². The molecule has 0 fully saturated rings. The molecule has 0 saturated heterocycles. The van der Waals surface area contributed by atoms with E-state index in [1.54, 1.807) is 14.2 Å². The van der Waals surface area contributed by atoms with E-state index < -0.39 is 0 Å². The first-order valence-electron chi connectivity index (χ1n) is 5.70. The fraction of sp³-hybridized carbons (Fsp3) is 0.538. The van der Waals surface area contributed by atoms with Crippen LogP contribution in [0.25, 0.3) is 0 Å². The van der Waals surface area contributed by atoms with Crippen LogP contribution in [0.15, 0.2) is 22.7 Å². The third-order valence-electron chi connectivity index (χ3n) is 2.54. The van der Waals surface area contributed by atoms with Gasteiger partial charge >= 0.3 is 0 Å². The second-order valence-corrected chi connectivity index (χ2v) is 6.42. The summed E-state index contributed by atoms with van der Waals surface area (Å²) in [5.74, 6) is 0.919. The molecule has 0 N–H and O–H groups in total. The van der Waals surface area contributed by atoms with Gasteiger partial charge in [0.1, 0.15) is 5.75 Å². The van der Waals surface area contributed by atoms with Crippen molar-refractivity contribution in [3.63, 3.8) is 0 Å². The molecule has 1 aromatic rings. The Morgan fingerprint density at radius 1 is 1.33 bits per heavy atom. The van der Waals surface area contributed by atoms with Crippen molar-refractivity contribution in [2.45, 2.75) is 11.4 Å². The number of hydrogen-bond donors (Lipinski definition) is 0. The van der Waals surface area contributed by atoms with E-state index in [0.29, 0.717) is 11.4 Å². The Bertz CT molecular complexity index is 374. The number of halogens is 2. The molecular weight excluding hydrogens is 362 g/mol. The van der Waals surface area contributed by atoms with Crippen molar-refractivity contribution in [3.05, 3.63) is 28.2 Å². The number of ether oxygens (including phenoxy) is 2. The van der Waals surface area contributed by atoms with Gasteiger partial charge in [-0.15, -0.1) is 0 Å². The van der Waals surface area contributed by atoms with Crippen LogP contribution in [-0.2, 0) is 11.3 Å². The van der Waals surface area contributed by atoms with E-state index in [1.807, 2.05) is 12.1 Å². The van der Waals surface area contributed by atoms with Crippen molar-refractivity contribution in [1.82, 2.24) is 4.90 Å². The van der Waals surface area contributed by atoms with Gasteiger partial charge in [-0.25, -0.2) is 0 Å². The van der Waals surface area contributed by atoms with Crippen LogP contribution >= 0.6 is 31.9 Å². The minimum absolute atomic E-state index is 0.339. The van der Waals surface area contributed by atoms with Crippen molar-refractivity contribution in [3.8, 4) is 5.75 Å². The maximum absolute atomic E-state index is 5.37. The minimum Gasteiger partial charge on any atom is -0.496 e. The minimum atomic E-state index is 0.339. The van der Waals surface area contributed by atoms with Crippen LogP contribution in [0.5, 0.6) is 5.75 Å². The predicted octanol–water partition coefficient (Wildman–Crippen LogP) is 3.30. The number of alkyl halides is 1. The summed E-state index contributed by atoms with van der Waals surface area (Å²) in [5, 5.41) is 0. The molecule has 1 atom stereocenters. The predicted molar refractivity (Wildman–Crippen MR) is 81.6 cm³/mol. The molecule has 18 heavy (non-hydrogen) atoms. The van der Waals surface area contributed by atoms with E-state index >= 15 is 0 Å². The zero-order valence-electron chi connectivity index (χ0n) is 11.0. The first-order valence-corrected chi connectivity index (χ1v) is 7.41. The summed E-state index contributed by atoms with van der Waals surface area (Å²) < 4.78 is 11.6. The summed E-state index contributed by atoms with van der Waals surface area (Å²) in [6.07, 6.45) is 0. The average Bonchev–Trinajstić information content (AvgIpc) is 2.29. The smallest absolute Gasteiger partial charge is 0.123 e. The average molecular weight is 381 g/mol. The highest BCUT2D eigenvalue weighted by Crippen LogP contribution is 2.24. The van der Waals surface area contributed by atoms with Crippen LogP contribution in [0, 0.1) is 0 Å². The molecule has 0 amide bonds. The number of hydrogen-bond acceptors (Lipinski definition) is 3. The van der Waals surface area contributed by atoms with Crippen molar-refractivity contribution in [1.29, 1.82) is 0 Å². The highest BCUT2D eigenvalue weighted by atomic mass is 79.9. The maximum Gasteiger partial charge on any atom is 0.123 e. The largest absolute Gasteiger partial charge is 0.496 e. The molecule has 0 bridgehead atoms. The van der Waals surface area contributed by atoms with Gasteiger partial charge in [0.15, 0.2) is 0 Å². The summed E-state index contributed by atoms with van der Waals surface area (Å²) in [4.78, 5) is 2.58. The third kappa shape index (κ3) is 5.26. The van der Waals surface area contributed by atoms with E-state index in [1.165, 1.54) is 5.56 Å². The second kappa shape index (κ2) is 8.15. The van der Waals surface area contributed by atoms with E-state index in [2.05, 4.69) is 49.9 Å². The Balaban J connectivity index is 2.63. The lowest BCUT2D eigenvalue weighted by Gasteiger charge is -2.21. The molecule has 3 nitrogen and oxygen atoms in total. The monoisotopic (exact) mass is 379 g/mol. The Kier molecular flexibility index (Phi) is 7.22. The van der Waals surface area contributed by atoms with Gasteiger partial charge in [-0.1, -0.05) is 31.9 Å². The molecule has 0 radical (unpaired) electrons.